The first kappa shape index (κ1) is 22.8. The van der Waals surface area contributed by atoms with Gasteiger partial charge in [-0.1, -0.05) is 18.2 Å². The molecule has 0 saturated carbocycles. The molecule has 160 valence electrons. The summed E-state index contributed by atoms with van der Waals surface area (Å²) in [6, 6.07) is 10.4. The average Bonchev–Trinajstić information content (AvgIpc) is 2.67. The molecule has 0 aromatic heterocycles. The first-order chi connectivity index (χ1) is 14.0. The van der Waals surface area contributed by atoms with Crippen LogP contribution in [0.25, 0.3) is 0 Å². The second-order valence-corrected chi connectivity index (χ2v) is 8.47. The van der Waals surface area contributed by atoms with Crippen LogP contribution in [-0.4, -0.2) is 49.7 Å². The highest BCUT2D eigenvalue weighted by Crippen LogP contribution is 2.23. The molecule has 30 heavy (non-hydrogen) atoms. The molecule has 0 aliphatic rings. The number of carbonyl (C=O) groups excluding carboxylic acids is 2. The Hall–Kier alpha value is -3.47. The minimum Gasteiger partial charge on any atom is -0.352 e. The molecule has 0 saturated heterocycles. The third kappa shape index (κ3) is 5.77. The van der Waals surface area contributed by atoms with Gasteiger partial charge in [0, 0.05) is 25.2 Å². The van der Waals surface area contributed by atoms with Gasteiger partial charge in [-0.25, -0.2) is 8.42 Å². The molecule has 0 radical (unpaired) electrons. The van der Waals surface area contributed by atoms with Crippen molar-refractivity contribution in [2.24, 2.45) is 0 Å². The van der Waals surface area contributed by atoms with Crippen LogP contribution in [0.15, 0.2) is 53.4 Å². The largest absolute Gasteiger partial charge is 0.352 e. The third-order valence-electron chi connectivity index (χ3n) is 3.92. The van der Waals surface area contributed by atoms with Gasteiger partial charge in [-0.05, 0) is 32.0 Å². The second kappa shape index (κ2) is 9.35. The van der Waals surface area contributed by atoms with Crippen molar-refractivity contribution in [1.82, 2.24) is 10.2 Å². The van der Waals surface area contributed by atoms with E-state index in [1.807, 2.05) is 0 Å². The van der Waals surface area contributed by atoms with Crippen LogP contribution in [0, 0.1) is 10.1 Å². The number of rotatable bonds is 8. The van der Waals surface area contributed by atoms with E-state index in [9.17, 15) is 28.1 Å². The maximum Gasteiger partial charge on any atom is 0.270 e. The van der Waals surface area contributed by atoms with Gasteiger partial charge in [-0.3, -0.25) is 24.4 Å². The maximum absolute atomic E-state index is 12.8. The topological polar surface area (TPSA) is 139 Å². The quantitative estimate of drug-likeness (QED) is 0.481. The first-order valence-corrected chi connectivity index (χ1v) is 10.4. The Labute approximate surface area is 174 Å². The number of sulfonamides is 1. The minimum atomic E-state index is -4.19. The Morgan fingerprint density at radius 3 is 2.43 bits per heavy atom. The molecule has 11 heteroatoms. The lowest BCUT2D eigenvalue weighted by Gasteiger charge is -2.20. The van der Waals surface area contributed by atoms with Gasteiger partial charge in [-0.2, -0.15) is 0 Å². The van der Waals surface area contributed by atoms with Crippen molar-refractivity contribution in [3.63, 3.8) is 0 Å². The van der Waals surface area contributed by atoms with Crippen LogP contribution >= 0.6 is 0 Å². The highest BCUT2D eigenvalue weighted by atomic mass is 32.2. The molecule has 2 rings (SSSR count). The predicted molar refractivity (Wildman–Crippen MR) is 111 cm³/mol. The number of nitrogens with one attached hydrogen (secondary N) is 2. The fraction of sp³-hybridized carbons (Fsp3) is 0.263. The van der Waals surface area contributed by atoms with Crippen molar-refractivity contribution in [2.45, 2.75) is 24.8 Å². The summed E-state index contributed by atoms with van der Waals surface area (Å²) in [5.41, 5.74) is -0.352. The zero-order valence-corrected chi connectivity index (χ0v) is 17.5. The lowest BCUT2D eigenvalue weighted by Crippen LogP contribution is -2.41. The Morgan fingerprint density at radius 2 is 1.80 bits per heavy atom. The van der Waals surface area contributed by atoms with Crippen LogP contribution in [0.1, 0.15) is 24.2 Å². The van der Waals surface area contributed by atoms with Gasteiger partial charge in [0.05, 0.1) is 27.6 Å². The molecule has 0 fully saturated rings. The fourth-order valence-electron chi connectivity index (χ4n) is 2.59. The molecule has 0 heterocycles. The van der Waals surface area contributed by atoms with E-state index in [-0.39, 0.29) is 40.3 Å². The van der Waals surface area contributed by atoms with Crippen LogP contribution in [0.5, 0.6) is 0 Å². The van der Waals surface area contributed by atoms with Crippen molar-refractivity contribution in [1.29, 1.82) is 0 Å². The fourth-order valence-corrected chi connectivity index (χ4v) is 3.71. The SMILES string of the molecule is CC(C)NC(=O)CN(C)C(=O)c1ccccc1NS(=O)(=O)c1cccc([N+](=O)[O-])c1. The molecule has 0 unspecified atom stereocenters. The van der Waals surface area contributed by atoms with E-state index in [2.05, 4.69) is 10.0 Å². The molecule has 0 bridgehead atoms. The third-order valence-corrected chi connectivity index (χ3v) is 5.28. The number of hydrogen-bond donors (Lipinski definition) is 2. The van der Waals surface area contributed by atoms with E-state index >= 15 is 0 Å². The summed E-state index contributed by atoms with van der Waals surface area (Å²) < 4.78 is 27.7. The number of carbonyl (C=O) groups is 2. The number of nitro benzene ring substituents is 1. The predicted octanol–water partition coefficient (Wildman–Crippen LogP) is 1.99. The molecule has 2 amide bonds. The van der Waals surface area contributed by atoms with E-state index < -0.39 is 20.9 Å². The summed E-state index contributed by atoms with van der Waals surface area (Å²) in [7, 11) is -2.77. The molecule has 0 aliphatic heterocycles. The molecule has 0 spiro atoms. The van der Waals surface area contributed by atoms with Crippen molar-refractivity contribution in [3.8, 4) is 0 Å². The molecule has 10 nitrogen and oxygen atoms in total. The van der Waals surface area contributed by atoms with Gasteiger partial charge < -0.3 is 10.2 Å². The molecule has 0 atom stereocenters. The number of anilines is 1. The number of para-hydroxylation sites is 1. The highest BCUT2D eigenvalue weighted by molar-refractivity contribution is 7.92. The summed E-state index contributed by atoms with van der Waals surface area (Å²) in [5.74, 6) is -0.915. The molecule has 2 aromatic carbocycles. The minimum absolute atomic E-state index is 0.00914. The van der Waals surface area contributed by atoms with Crippen LogP contribution in [-0.2, 0) is 14.8 Å². The van der Waals surface area contributed by atoms with Gasteiger partial charge >= 0.3 is 0 Å². The van der Waals surface area contributed by atoms with Crippen molar-refractivity contribution < 1.29 is 22.9 Å². The van der Waals surface area contributed by atoms with E-state index in [4.69, 9.17) is 0 Å². The number of likely N-dealkylation sites (N-methyl/N-ethyl adjacent to an activating group) is 1. The Morgan fingerprint density at radius 1 is 1.13 bits per heavy atom. The monoisotopic (exact) mass is 434 g/mol. The smallest absolute Gasteiger partial charge is 0.270 e. The number of non-ortho nitro benzene ring substituents is 1. The van der Waals surface area contributed by atoms with E-state index in [0.29, 0.717) is 0 Å². The Kier molecular flexibility index (Phi) is 7.11. The molecular formula is C19H22N4O6S. The number of nitrogens with zero attached hydrogens (tertiary/aromatic N) is 2. The zero-order chi connectivity index (χ0) is 22.5. The molecular weight excluding hydrogens is 412 g/mol. The lowest BCUT2D eigenvalue weighted by molar-refractivity contribution is -0.385. The van der Waals surface area contributed by atoms with Crippen molar-refractivity contribution in [2.75, 3.05) is 18.3 Å². The van der Waals surface area contributed by atoms with E-state index in [0.717, 1.165) is 11.0 Å². The lowest BCUT2D eigenvalue weighted by atomic mass is 10.1. The summed E-state index contributed by atoms with van der Waals surface area (Å²) in [6.45, 7) is 3.37. The molecule has 2 aromatic rings. The number of hydrogen-bond acceptors (Lipinski definition) is 6. The first-order valence-electron chi connectivity index (χ1n) is 8.92. The van der Waals surface area contributed by atoms with Crippen LogP contribution in [0.3, 0.4) is 0 Å². The van der Waals surface area contributed by atoms with Crippen LogP contribution in [0.2, 0.25) is 0 Å². The van der Waals surface area contributed by atoms with Gasteiger partial charge in [-0.15, -0.1) is 0 Å². The van der Waals surface area contributed by atoms with Gasteiger partial charge in [0.1, 0.15) is 0 Å². The van der Waals surface area contributed by atoms with E-state index in [1.165, 1.54) is 43.4 Å². The van der Waals surface area contributed by atoms with Gasteiger partial charge in [0.15, 0.2) is 0 Å². The Balaban J connectivity index is 2.28. The standard InChI is InChI=1S/C19H22N4O6S/c1-13(2)20-18(24)12-22(3)19(25)16-9-4-5-10-17(16)21-30(28,29)15-8-6-7-14(11-15)23(26)27/h4-11,13,21H,12H2,1-3H3,(H,20,24). The zero-order valence-electron chi connectivity index (χ0n) is 16.7. The highest BCUT2D eigenvalue weighted by Gasteiger charge is 2.23. The second-order valence-electron chi connectivity index (χ2n) is 6.79. The van der Waals surface area contributed by atoms with Gasteiger partial charge in [0.25, 0.3) is 21.6 Å². The maximum atomic E-state index is 12.8. The average molecular weight is 434 g/mol. The summed E-state index contributed by atoms with van der Waals surface area (Å²) in [5, 5.41) is 13.6. The van der Waals surface area contributed by atoms with Crippen molar-refractivity contribution in [3.05, 3.63) is 64.2 Å². The van der Waals surface area contributed by atoms with E-state index in [1.54, 1.807) is 19.9 Å². The summed E-state index contributed by atoms with van der Waals surface area (Å²) >= 11 is 0. The Bertz CT molecular complexity index is 1070. The number of nitro groups is 1. The molecule has 0 aliphatic carbocycles. The van der Waals surface area contributed by atoms with Crippen molar-refractivity contribution >= 4 is 33.2 Å². The van der Waals surface area contributed by atoms with Crippen LogP contribution in [0.4, 0.5) is 11.4 Å². The van der Waals surface area contributed by atoms with Gasteiger partial charge in [0.2, 0.25) is 5.91 Å². The summed E-state index contributed by atoms with van der Waals surface area (Å²) in [6.07, 6.45) is 0. The number of benzene rings is 2. The normalized spacial score (nSPS) is 11.1. The molecule has 2 N–H and O–H groups in total. The summed E-state index contributed by atoms with van der Waals surface area (Å²) in [4.78, 5) is 35.8. The number of amides is 2. The van der Waals surface area contributed by atoms with Crippen LogP contribution < -0.4 is 10.0 Å².